The number of anilines is 1. The van der Waals surface area contributed by atoms with Crippen molar-refractivity contribution in [2.24, 2.45) is 0 Å². The number of aryl methyl sites for hydroxylation is 1. The Morgan fingerprint density at radius 3 is 2.19 bits per heavy atom. The van der Waals surface area contributed by atoms with E-state index in [1.807, 2.05) is 32.9 Å². The number of carbonyl (C=O) groups is 2. The Kier molecular flexibility index (Phi) is 10.7. The van der Waals surface area contributed by atoms with Crippen LogP contribution in [0.1, 0.15) is 43.9 Å². The zero-order valence-corrected chi connectivity index (χ0v) is 25.2. The van der Waals surface area contributed by atoms with E-state index >= 15 is 0 Å². The highest BCUT2D eigenvalue weighted by atomic mass is 35.5. The van der Waals surface area contributed by atoms with Gasteiger partial charge in [0.2, 0.25) is 11.8 Å². The van der Waals surface area contributed by atoms with Crippen LogP contribution in [0.3, 0.4) is 0 Å². The Bertz CT molecular complexity index is 1520. The van der Waals surface area contributed by atoms with Crippen molar-refractivity contribution in [1.82, 2.24) is 10.2 Å². The lowest BCUT2D eigenvalue weighted by Crippen LogP contribution is -2.52. The number of halogens is 4. The molecule has 0 heterocycles. The molecule has 1 N–H and O–H groups in total. The fourth-order valence-corrected chi connectivity index (χ4v) is 5.85. The topological polar surface area (TPSA) is 86.8 Å². The third-order valence-corrected chi connectivity index (χ3v) is 9.02. The largest absolute Gasteiger partial charge is 0.416 e. The summed E-state index contributed by atoms with van der Waals surface area (Å²) in [5.41, 5.74) is -0.111. The van der Waals surface area contributed by atoms with Crippen molar-refractivity contribution in [3.8, 4) is 0 Å². The Labute approximate surface area is 249 Å². The van der Waals surface area contributed by atoms with Gasteiger partial charge in [0.1, 0.15) is 12.6 Å². The number of carbonyl (C=O) groups excluding carboxylic acids is 2. The van der Waals surface area contributed by atoms with Gasteiger partial charge in [-0.25, -0.2) is 8.42 Å². The molecule has 0 saturated heterocycles. The van der Waals surface area contributed by atoms with Gasteiger partial charge in [0.25, 0.3) is 10.0 Å². The molecule has 0 radical (unpaired) electrons. The van der Waals surface area contributed by atoms with Gasteiger partial charge >= 0.3 is 6.18 Å². The molecule has 3 rings (SSSR count). The van der Waals surface area contributed by atoms with E-state index in [1.54, 1.807) is 18.2 Å². The number of nitrogens with one attached hydrogen (secondary N) is 1. The molecule has 3 aromatic rings. The molecule has 3 aromatic carbocycles. The molecule has 0 unspecified atom stereocenters. The van der Waals surface area contributed by atoms with Crippen LogP contribution < -0.4 is 9.62 Å². The lowest BCUT2D eigenvalue weighted by atomic mass is 10.1. The smallest absolute Gasteiger partial charge is 0.352 e. The number of rotatable bonds is 11. The number of amides is 2. The van der Waals surface area contributed by atoms with Crippen molar-refractivity contribution < 1.29 is 31.2 Å². The van der Waals surface area contributed by atoms with Crippen LogP contribution in [0, 0.1) is 6.92 Å². The van der Waals surface area contributed by atoms with Crippen molar-refractivity contribution in [1.29, 1.82) is 0 Å². The number of alkyl halides is 3. The summed E-state index contributed by atoms with van der Waals surface area (Å²) in [6.07, 6.45) is -4.16. The van der Waals surface area contributed by atoms with Crippen molar-refractivity contribution in [2.75, 3.05) is 10.8 Å². The monoisotopic (exact) mass is 623 g/mol. The molecule has 42 heavy (non-hydrogen) atoms. The minimum Gasteiger partial charge on any atom is -0.352 e. The Hall–Kier alpha value is -3.57. The zero-order valence-electron chi connectivity index (χ0n) is 23.7. The van der Waals surface area contributed by atoms with E-state index in [2.05, 4.69) is 5.32 Å². The molecular weight excluding hydrogens is 591 g/mol. The summed E-state index contributed by atoms with van der Waals surface area (Å²) in [5.74, 6) is -1.26. The molecule has 0 aromatic heterocycles. The normalized spacial score (nSPS) is 13.2. The number of sulfonamides is 1. The summed E-state index contributed by atoms with van der Waals surface area (Å²) in [6, 6.07) is 15.2. The third kappa shape index (κ3) is 7.83. The first-order chi connectivity index (χ1) is 19.7. The maximum atomic E-state index is 14.0. The highest BCUT2D eigenvalue weighted by Crippen LogP contribution is 2.37. The first kappa shape index (κ1) is 32.9. The third-order valence-electron chi connectivity index (χ3n) is 6.92. The number of hydrogen-bond acceptors (Lipinski definition) is 4. The lowest BCUT2D eigenvalue weighted by molar-refractivity contribution is -0.139. The van der Waals surface area contributed by atoms with Gasteiger partial charge in [0.05, 0.1) is 21.2 Å². The predicted molar refractivity (Wildman–Crippen MR) is 157 cm³/mol. The van der Waals surface area contributed by atoms with Gasteiger partial charge in [-0.2, -0.15) is 13.2 Å². The molecule has 7 nitrogen and oxygen atoms in total. The summed E-state index contributed by atoms with van der Waals surface area (Å²) < 4.78 is 69.2. The lowest BCUT2D eigenvalue weighted by Gasteiger charge is -2.33. The van der Waals surface area contributed by atoms with E-state index in [0.717, 1.165) is 17.7 Å². The SMILES string of the molecule is CC[C@@H](C)NC(=O)[C@@H](C)N(Cc1ccccc1C)C(=O)CN(c1cc(C(F)(F)F)ccc1Cl)S(=O)(=O)c1ccccc1. The minimum absolute atomic E-state index is 0.0455. The molecule has 0 bridgehead atoms. The van der Waals surface area contributed by atoms with Crippen molar-refractivity contribution in [2.45, 2.75) is 63.8 Å². The Balaban J connectivity index is 2.13. The Morgan fingerprint density at radius 1 is 0.976 bits per heavy atom. The molecular formula is C30H33ClF3N3O4S. The number of benzene rings is 3. The highest BCUT2D eigenvalue weighted by molar-refractivity contribution is 7.92. The van der Waals surface area contributed by atoms with Crippen LogP contribution in [0.4, 0.5) is 18.9 Å². The summed E-state index contributed by atoms with van der Waals surface area (Å²) in [6.45, 7) is 6.08. The average Bonchev–Trinajstić information content (AvgIpc) is 2.95. The molecule has 0 aliphatic heterocycles. The first-order valence-electron chi connectivity index (χ1n) is 13.3. The van der Waals surface area contributed by atoms with Crippen molar-refractivity contribution >= 4 is 39.1 Å². The number of hydrogen-bond donors (Lipinski definition) is 1. The first-order valence-corrected chi connectivity index (χ1v) is 15.1. The van der Waals surface area contributed by atoms with E-state index in [-0.39, 0.29) is 22.5 Å². The zero-order chi connectivity index (χ0) is 31.2. The Morgan fingerprint density at radius 2 is 1.60 bits per heavy atom. The summed E-state index contributed by atoms with van der Waals surface area (Å²) in [5, 5.41) is 2.53. The quantitative estimate of drug-likeness (QED) is 0.276. The van der Waals surface area contributed by atoms with Gasteiger partial charge in [-0.1, -0.05) is 61.0 Å². The van der Waals surface area contributed by atoms with Crippen LogP contribution in [0.5, 0.6) is 0 Å². The molecule has 0 spiro atoms. The van der Waals surface area contributed by atoms with Gasteiger partial charge in [-0.05, 0) is 68.7 Å². The van der Waals surface area contributed by atoms with Crippen LogP contribution in [-0.2, 0) is 32.3 Å². The van der Waals surface area contributed by atoms with Gasteiger partial charge in [0.15, 0.2) is 0 Å². The van der Waals surface area contributed by atoms with Gasteiger partial charge in [-0.3, -0.25) is 13.9 Å². The molecule has 12 heteroatoms. The molecule has 2 amide bonds. The van der Waals surface area contributed by atoms with E-state index in [4.69, 9.17) is 11.6 Å². The van der Waals surface area contributed by atoms with Gasteiger partial charge < -0.3 is 10.2 Å². The van der Waals surface area contributed by atoms with E-state index in [0.29, 0.717) is 22.4 Å². The molecule has 0 fully saturated rings. The van der Waals surface area contributed by atoms with Crippen LogP contribution in [0.25, 0.3) is 0 Å². The summed E-state index contributed by atoms with van der Waals surface area (Å²) in [7, 11) is -4.58. The minimum atomic E-state index is -4.80. The van der Waals surface area contributed by atoms with E-state index in [9.17, 15) is 31.2 Å². The van der Waals surface area contributed by atoms with Crippen molar-refractivity contribution in [3.05, 3.63) is 94.5 Å². The van der Waals surface area contributed by atoms with Gasteiger partial charge in [0, 0.05) is 12.6 Å². The maximum Gasteiger partial charge on any atom is 0.416 e. The highest BCUT2D eigenvalue weighted by Gasteiger charge is 2.36. The standard InChI is InChI=1S/C30H33ClF3N3O4S/c1-5-21(3)35-29(39)22(4)36(18-23-12-10-9-11-20(23)2)28(38)19-37(42(40,41)25-13-7-6-8-14-25)27-17-24(30(32,33)34)15-16-26(27)31/h6-17,21-22H,5,18-19H2,1-4H3,(H,35,39)/t21-,22-/m1/s1. The van der Waals surface area contributed by atoms with Crippen LogP contribution in [-0.4, -0.2) is 43.8 Å². The van der Waals surface area contributed by atoms with Crippen molar-refractivity contribution in [3.63, 3.8) is 0 Å². The second kappa shape index (κ2) is 13.6. The predicted octanol–water partition coefficient (Wildman–Crippen LogP) is 6.19. The second-order valence-corrected chi connectivity index (χ2v) is 12.2. The summed E-state index contributed by atoms with van der Waals surface area (Å²) in [4.78, 5) is 28.1. The fourth-order valence-electron chi connectivity index (χ4n) is 4.13. The van der Waals surface area contributed by atoms with Crippen LogP contribution in [0.2, 0.25) is 5.02 Å². The fraction of sp³-hybridized carbons (Fsp3) is 0.333. The second-order valence-electron chi connectivity index (χ2n) is 9.93. The molecule has 2 atom stereocenters. The number of nitrogens with zero attached hydrogens (tertiary/aromatic N) is 2. The molecule has 0 aliphatic carbocycles. The van der Waals surface area contributed by atoms with E-state index < -0.39 is 51.9 Å². The van der Waals surface area contributed by atoms with Crippen LogP contribution >= 0.6 is 11.6 Å². The van der Waals surface area contributed by atoms with E-state index in [1.165, 1.54) is 36.1 Å². The van der Waals surface area contributed by atoms with Crippen LogP contribution in [0.15, 0.2) is 77.7 Å². The molecule has 226 valence electrons. The molecule has 0 saturated carbocycles. The average molecular weight is 624 g/mol. The van der Waals surface area contributed by atoms with Gasteiger partial charge in [-0.15, -0.1) is 0 Å². The summed E-state index contributed by atoms with van der Waals surface area (Å²) >= 11 is 6.27. The molecule has 0 aliphatic rings. The maximum absolute atomic E-state index is 14.0.